The standard InChI is InChI=1S/C21H22N4O2S/c1-15(2)16-3-4-19-18(13-16)21(27)25(14-24-19)11-7-20(26)23-10-12-28-17-5-8-22-9-6-17/h3-9,11,13-15H,10,12H2,1-2H3,(H,23,26)/b11-7+. The van der Waals surface area contributed by atoms with Crippen molar-refractivity contribution in [2.45, 2.75) is 24.7 Å². The molecule has 6 nitrogen and oxygen atoms in total. The van der Waals surface area contributed by atoms with Crippen molar-refractivity contribution in [3.05, 3.63) is 71.0 Å². The van der Waals surface area contributed by atoms with E-state index in [2.05, 4.69) is 29.1 Å². The number of pyridine rings is 1. The molecule has 0 spiro atoms. The first-order chi connectivity index (χ1) is 13.5. The van der Waals surface area contributed by atoms with E-state index in [1.807, 2.05) is 30.3 Å². The molecule has 0 atom stereocenters. The van der Waals surface area contributed by atoms with Crippen LogP contribution in [-0.2, 0) is 4.79 Å². The zero-order valence-corrected chi connectivity index (χ0v) is 16.6. The van der Waals surface area contributed by atoms with Gasteiger partial charge in [0.15, 0.2) is 0 Å². The molecule has 0 fully saturated rings. The highest BCUT2D eigenvalue weighted by Gasteiger charge is 2.06. The molecule has 0 radical (unpaired) electrons. The van der Waals surface area contributed by atoms with Gasteiger partial charge in [0.25, 0.3) is 5.56 Å². The van der Waals surface area contributed by atoms with Gasteiger partial charge in [-0.2, -0.15) is 0 Å². The summed E-state index contributed by atoms with van der Waals surface area (Å²) in [5, 5.41) is 3.35. The van der Waals surface area contributed by atoms with E-state index in [0.29, 0.717) is 23.4 Å². The molecular weight excluding hydrogens is 372 g/mol. The van der Waals surface area contributed by atoms with E-state index >= 15 is 0 Å². The molecule has 0 unspecified atom stereocenters. The van der Waals surface area contributed by atoms with Gasteiger partial charge in [-0.05, 0) is 35.7 Å². The quantitative estimate of drug-likeness (QED) is 0.378. The van der Waals surface area contributed by atoms with E-state index in [0.717, 1.165) is 16.2 Å². The summed E-state index contributed by atoms with van der Waals surface area (Å²) in [6.45, 7) is 4.68. The number of nitrogens with one attached hydrogen (secondary N) is 1. The maximum Gasteiger partial charge on any atom is 0.265 e. The van der Waals surface area contributed by atoms with Crippen molar-refractivity contribution in [1.82, 2.24) is 19.9 Å². The molecule has 28 heavy (non-hydrogen) atoms. The summed E-state index contributed by atoms with van der Waals surface area (Å²) < 4.78 is 1.33. The van der Waals surface area contributed by atoms with Gasteiger partial charge in [0.1, 0.15) is 6.33 Å². The lowest BCUT2D eigenvalue weighted by Gasteiger charge is -2.07. The Balaban J connectivity index is 1.61. The van der Waals surface area contributed by atoms with Crippen LogP contribution in [0.2, 0.25) is 0 Å². The molecule has 0 aliphatic heterocycles. The van der Waals surface area contributed by atoms with Crippen LogP contribution in [0.3, 0.4) is 0 Å². The van der Waals surface area contributed by atoms with Crippen LogP contribution in [0, 0.1) is 0 Å². The van der Waals surface area contributed by atoms with E-state index in [1.165, 1.54) is 23.2 Å². The summed E-state index contributed by atoms with van der Waals surface area (Å²) in [4.78, 5) is 34.0. The smallest absolute Gasteiger partial charge is 0.265 e. The Morgan fingerprint density at radius 1 is 1.25 bits per heavy atom. The molecule has 0 bridgehead atoms. The van der Waals surface area contributed by atoms with Gasteiger partial charge in [-0.1, -0.05) is 19.9 Å². The minimum absolute atomic E-state index is 0.190. The first-order valence-corrected chi connectivity index (χ1v) is 10.0. The molecule has 7 heteroatoms. The minimum Gasteiger partial charge on any atom is -0.352 e. The summed E-state index contributed by atoms with van der Waals surface area (Å²) >= 11 is 1.64. The first-order valence-electron chi connectivity index (χ1n) is 9.04. The summed E-state index contributed by atoms with van der Waals surface area (Å²) in [5.41, 5.74) is 1.54. The molecule has 0 saturated carbocycles. The van der Waals surface area contributed by atoms with Crippen LogP contribution in [0.5, 0.6) is 0 Å². The number of rotatable bonds is 7. The molecule has 0 aliphatic carbocycles. The Labute approximate surface area is 167 Å². The molecule has 1 aromatic carbocycles. The van der Waals surface area contributed by atoms with Crippen molar-refractivity contribution < 1.29 is 4.79 Å². The van der Waals surface area contributed by atoms with E-state index in [-0.39, 0.29) is 11.5 Å². The van der Waals surface area contributed by atoms with E-state index in [1.54, 1.807) is 24.2 Å². The monoisotopic (exact) mass is 394 g/mol. The number of benzene rings is 1. The summed E-state index contributed by atoms with van der Waals surface area (Å²) in [7, 11) is 0. The SMILES string of the molecule is CC(C)c1ccc2ncn(/C=C/C(=O)NCCSc3ccncc3)c(=O)c2c1. The Hall–Kier alpha value is -2.93. The lowest BCUT2D eigenvalue weighted by molar-refractivity contribution is -0.116. The second-order valence-electron chi connectivity index (χ2n) is 6.53. The number of fused-ring (bicyclic) bond motifs is 1. The van der Waals surface area contributed by atoms with E-state index < -0.39 is 0 Å². The number of hydrogen-bond acceptors (Lipinski definition) is 5. The molecule has 3 aromatic rings. The van der Waals surface area contributed by atoms with Crippen LogP contribution < -0.4 is 10.9 Å². The van der Waals surface area contributed by atoms with Crippen LogP contribution >= 0.6 is 11.8 Å². The number of carbonyl (C=O) groups excluding carboxylic acids is 1. The van der Waals surface area contributed by atoms with Crippen molar-refractivity contribution in [2.24, 2.45) is 0 Å². The van der Waals surface area contributed by atoms with Crippen LogP contribution in [0.25, 0.3) is 17.1 Å². The van der Waals surface area contributed by atoms with Gasteiger partial charge in [0.2, 0.25) is 5.91 Å². The zero-order chi connectivity index (χ0) is 19.9. The summed E-state index contributed by atoms with van der Waals surface area (Å²) in [6, 6.07) is 9.56. The van der Waals surface area contributed by atoms with Crippen molar-refractivity contribution in [3.63, 3.8) is 0 Å². The maximum absolute atomic E-state index is 12.7. The number of amides is 1. The third-order valence-corrected chi connectivity index (χ3v) is 5.19. The molecule has 0 saturated heterocycles. The van der Waals surface area contributed by atoms with Crippen molar-refractivity contribution in [2.75, 3.05) is 12.3 Å². The van der Waals surface area contributed by atoms with Crippen molar-refractivity contribution >= 4 is 34.8 Å². The molecule has 1 N–H and O–H groups in total. The zero-order valence-electron chi connectivity index (χ0n) is 15.8. The maximum atomic E-state index is 12.7. The van der Waals surface area contributed by atoms with Gasteiger partial charge >= 0.3 is 0 Å². The average molecular weight is 395 g/mol. The molecule has 2 heterocycles. The lowest BCUT2D eigenvalue weighted by atomic mass is 10.0. The van der Waals surface area contributed by atoms with Crippen LogP contribution in [0.4, 0.5) is 0 Å². The van der Waals surface area contributed by atoms with E-state index in [9.17, 15) is 9.59 Å². The third-order valence-electron chi connectivity index (χ3n) is 4.18. The normalized spacial score (nSPS) is 11.4. The number of hydrogen-bond donors (Lipinski definition) is 1. The van der Waals surface area contributed by atoms with E-state index in [4.69, 9.17) is 0 Å². The second kappa shape index (κ2) is 9.32. The molecule has 0 aliphatic rings. The first kappa shape index (κ1) is 19.8. The fraction of sp³-hybridized carbons (Fsp3) is 0.238. The Kier molecular flexibility index (Phi) is 6.60. The molecule has 1 amide bonds. The summed E-state index contributed by atoms with van der Waals surface area (Å²) in [6.07, 6.45) is 7.70. The lowest BCUT2D eigenvalue weighted by Crippen LogP contribution is -2.24. The highest BCUT2D eigenvalue weighted by atomic mass is 32.2. The number of nitrogens with zero attached hydrogens (tertiary/aromatic N) is 3. The number of carbonyl (C=O) groups is 1. The van der Waals surface area contributed by atoms with Gasteiger partial charge in [-0.3, -0.25) is 19.1 Å². The number of thioether (sulfide) groups is 1. The fourth-order valence-corrected chi connectivity index (χ4v) is 3.36. The van der Waals surface area contributed by atoms with Crippen LogP contribution in [-0.4, -0.2) is 32.7 Å². The molecular formula is C21H22N4O2S. The number of aromatic nitrogens is 3. The molecule has 144 valence electrons. The van der Waals surface area contributed by atoms with Crippen LogP contribution in [0.15, 0.2) is 64.8 Å². The second-order valence-corrected chi connectivity index (χ2v) is 7.69. The predicted molar refractivity (Wildman–Crippen MR) is 113 cm³/mol. The average Bonchev–Trinajstić information content (AvgIpc) is 2.71. The highest BCUT2D eigenvalue weighted by Crippen LogP contribution is 2.18. The van der Waals surface area contributed by atoms with Gasteiger partial charge in [-0.25, -0.2) is 4.98 Å². The van der Waals surface area contributed by atoms with Gasteiger partial charge < -0.3 is 5.32 Å². The minimum atomic E-state index is -0.252. The predicted octanol–water partition coefficient (Wildman–Crippen LogP) is 3.29. The van der Waals surface area contributed by atoms with Gasteiger partial charge in [-0.15, -0.1) is 11.8 Å². The highest BCUT2D eigenvalue weighted by molar-refractivity contribution is 7.99. The topological polar surface area (TPSA) is 76.9 Å². The largest absolute Gasteiger partial charge is 0.352 e. The third kappa shape index (κ3) is 5.07. The van der Waals surface area contributed by atoms with Crippen molar-refractivity contribution in [3.8, 4) is 0 Å². The van der Waals surface area contributed by atoms with Gasteiger partial charge in [0, 0.05) is 41.9 Å². The summed E-state index contributed by atoms with van der Waals surface area (Å²) in [5.74, 6) is 0.820. The van der Waals surface area contributed by atoms with Crippen molar-refractivity contribution in [1.29, 1.82) is 0 Å². The van der Waals surface area contributed by atoms with Gasteiger partial charge in [0.05, 0.1) is 10.9 Å². The molecule has 3 rings (SSSR count). The Morgan fingerprint density at radius 2 is 2.04 bits per heavy atom. The fourth-order valence-electron chi connectivity index (χ4n) is 2.60. The van der Waals surface area contributed by atoms with Crippen LogP contribution in [0.1, 0.15) is 25.3 Å². The molecule has 2 aromatic heterocycles. The Morgan fingerprint density at radius 3 is 2.79 bits per heavy atom. The Bertz CT molecular complexity index is 1050.